The van der Waals surface area contributed by atoms with Crippen LogP contribution in [0.25, 0.3) is 0 Å². The molecule has 1 heterocycles. The number of aromatic carboxylic acids is 1. The van der Waals surface area contributed by atoms with E-state index in [2.05, 4.69) is 21.5 Å². The number of nitrogens with one attached hydrogen (secondary N) is 1. The lowest BCUT2D eigenvalue weighted by atomic mass is 10.0. The zero-order valence-corrected chi connectivity index (χ0v) is 13.6. The summed E-state index contributed by atoms with van der Waals surface area (Å²) in [4.78, 5) is 24.8. The van der Waals surface area contributed by atoms with E-state index >= 15 is 0 Å². The van der Waals surface area contributed by atoms with Crippen molar-refractivity contribution in [2.75, 3.05) is 18.0 Å². The number of carboxylic acid groups (broad SMARTS) is 1. The minimum atomic E-state index is -1.22. The minimum absolute atomic E-state index is 0.102. The monoisotopic (exact) mass is 336 g/mol. The molecule has 1 amide bonds. The number of rotatable bonds is 5. The van der Waals surface area contributed by atoms with Gasteiger partial charge in [-0.15, -0.1) is 0 Å². The van der Waals surface area contributed by atoms with Crippen molar-refractivity contribution in [1.29, 1.82) is 0 Å². The van der Waals surface area contributed by atoms with Crippen LogP contribution < -0.4 is 15.4 Å². The molecule has 0 saturated heterocycles. The van der Waals surface area contributed by atoms with Crippen LogP contribution in [0.4, 0.5) is 5.69 Å². The number of aryl methyl sites for hydroxylation is 1. The van der Waals surface area contributed by atoms with Crippen molar-refractivity contribution in [3.63, 3.8) is 0 Å². The van der Waals surface area contributed by atoms with Gasteiger partial charge in [0, 0.05) is 12.2 Å². The quantitative estimate of drug-likeness (QED) is 0.651. The average molecular weight is 336 g/mol. The Kier molecular flexibility index (Phi) is 5.09. The number of fused-ring (bicyclic) bond motifs is 1. The molecule has 128 valence electrons. The molecule has 25 heavy (non-hydrogen) atoms. The first-order chi connectivity index (χ1) is 12.1. The summed E-state index contributed by atoms with van der Waals surface area (Å²) in [5.74, 6) is -1.42. The van der Waals surface area contributed by atoms with Crippen LogP contribution in [0.2, 0.25) is 0 Å². The number of para-hydroxylation sites is 1. The fourth-order valence-corrected chi connectivity index (χ4v) is 2.87. The van der Waals surface area contributed by atoms with Gasteiger partial charge in [-0.1, -0.05) is 42.5 Å². The molecule has 2 aromatic rings. The van der Waals surface area contributed by atoms with Crippen LogP contribution in [0.1, 0.15) is 27.9 Å². The van der Waals surface area contributed by atoms with Crippen LogP contribution in [0.5, 0.6) is 0 Å². The fourth-order valence-electron chi connectivity index (χ4n) is 2.87. The first-order valence-electron chi connectivity index (χ1n) is 8.09. The highest BCUT2D eigenvalue weighted by Gasteiger charge is 2.18. The van der Waals surface area contributed by atoms with E-state index in [1.54, 1.807) is 12.1 Å². The second-order valence-corrected chi connectivity index (χ2v) is 5.86. The zero-order chi connectivity index (χ0) is 17.6. The summed E-state index contributed by atoms with van der Waals surface area (Å²) in [7, 11) is 0. The molecule has 0 spiro atoms. The van der Waals surface area contributed by atoms with Gasteiger partial charge >= 0.3 is 0 Å². The molecule has 0 saturated carbocycles. The maximum absolute atomic E-state index is 12.1. The van der Waals surface area contributed by atoms with Crippen LogP contribution in [0, 0.1) is 0 Å². The van der Waals surface area contributed by atoms with Crippen LogP contribution in [0.3, 0.4) is 0 Å². The fraction of sp³-hybridized carbons (Fsp3) is 0.211. The SMILES string of the molecule is O=C(CN1CCCc2ccccc21)N/N=C\c1ccc(C(=O)[O-])cc1. The Balaban J connectivity index is 1.56. The van der Waals surface area contributed by atoms with Gasteiger partial charge in [-0.25, -0.2) is 5.43 Å². The molecule has 0 radical (unpaired) electrons. The van der Waals surface area contributed by atoms with Gasteiger partial charge in [0.25, 0.3) is 5.91 Å². The number of hydrogen-bond donors (Lipinski definition) is 1. The largest absolute Gasteiger partial charge is 0.545 e. The molecule has 3 rings (SSSR count). The molecule has 0 unspecified atom stereocenters. The highest BCUT2D eigenvalue weighted by atomic mass is 16.4. The van der Waals surface area contributed by atoms with Gasteiger partial charge in [0.2, 0.25) is 0 Å². The highest BCUT2D eigenvalue weighted by Crippen LogP contribution is 2.26. The molecule has 0 fully saturated rings. The summed E-state index contributed by atoms with van der Waals surface area (Å²) in [5.41, 5.74) is 5.66. The van der Waals surface area contributed by atoms with E-state index in [-0.39, 0.29) is 18.0 Å². The third kappa shape index (κ3) is 4.23. The number of nitrogens with zero attached hydrogens (tertiary/aromatic N) is 2. The molecular formula is C19H18N3O3-. The topological polar surface area (TPSA) is 84.8 Å². The molecule has 0 aliphatic carbocycles. The molecule has 0 bridgehead atoms. The van der Waals surface area contributed by atoms with E-state index in [9.17, 15) is 14.7 Å². The predicted molar refractivity (Wildman–Crippen MR) is 93.5 cm³/mol. The Morgan fingerprint density at radius 2 is 1.92 bits per heavy atom. The third-order valence-corrected chi connectivity index (χ3v) is 4.09. The molecule has 0 aromatic heterocycles. The van der Waals surface area contributed by atoms with Crippen LogP contribution in [-0.2, 0) is 11.2 Å². The Hall–Kier alpha value is -3.15. The average Bonchev–Trinajstić information content (AvgIpc) is 2.62. The number of hydrogen-bond acceptors (Lipinski definition) is 5. The van der Waals surface area contributed by atoms with E-state index in [1.165, 1.54) is 23.9 Å². The Morgan fingerprint density at radius 3 is 2.68 bits per heavy atom. The summed E-state index contributed by atoms with van der Waals surface area (Å²) in [6, 6.07) is 14.2. The summed E-state index contributed by atoms with van der Waals surface area (Å²) >= 11 is 0. The number of benzene rings is 2. The van der Waals surface area contributed by atoms with Gasteiger partial charge in [-0.05, 0) is 35.6 Å². The van der Waals surface area contributed by atoms with Crippen molar-refractivity contribution in [1.82, 2.24) is 5.43 Å². The molecule has 0 atom stereocenters. The van der Waals surface area contributed by atoms with Crippen molar-refractivity contribution in [3.05, 3.63) is 65.2 Å². The number of amides is 1. The normalized spacial score (nSPS) is 13.5. The molecule has 1 aliphatic heterocycles. The molecule has 1 aliphatic rings. The first kappa shape index (κ1) is 16.7. The summed E-state index contributed by atoms with van der Waals surface area (Å²) < 4.78 is 0. The Bertz CT molecular complexity index is 800. The van der Waals surface area contributed by atoms with Gasteiger partial charge in [0.05, 0.1) is 18.7 Å². The van der Waals surface area contributed by atoms with Gasteiger partial charge in [-0.2, -0.15) is 5.10 Å². The smallest absolute Gasteiger partial charge is 0.259 e. The first-order valence-corrected chi connectivity index (χ1v) is 8.09. The van der Waals surface area contributed by atoms with E-state index in [4.69, 9.17) is 0 Å². The van der Waals surface area contributed by atoms with Gasteiger partial charge < -0.3 is 14.8 Å². The lowest BCUT2D eigenvalue weighted by Gasteiger charge is -2.30. The lowest BCUT2D eigenvalue weighted by Crippen LogP contribution is -2.38. The maximum atomic E-state index is 12.1. The number of carbonyl (C=O) groups is 2. The zero-order valence-electron chi connectivity index (χ0n) is 13.6. The number of anilines is 1. The predicted octanol–water partition coefficient (Wildman–Crippen LogP) is 0.953. The Morgan fingerprint density at radius 1 is 1.16 bits per heavy atom. The van der Waals surface area contributed by atoms with E-state index < -0.39 is 5.97 Å². The minimum Gasteiger partial charge on any atom is -0.545 e. The molecule has 6 heteroatoms. The van der Waals surface area contributed by atoms with Gasteiger partial charge in [0.1, 0.15) is 0 Å². The van der Waals surface area contributed by atoms with E-state index in [0.717, 1.165) is 25.1 Å². The highest BCUT2D eigenvalue weighted by molar-refractivity contribution is 5.88. The molecular weight excluding hydrogens is 318 g/mol. The van der Waals surface area contributed by atoms with Crippen LogP contribution >= 0.6 is 0 Å². The summed E-state index contributed by atoms with van der Waals surface area (Å²) in [5, 5.41) is 14.6. The van der Waals surface area contributed by atoms with Crippen molar-refractivity contribution in [3.8, 4) is 0 Å². The van der Waals surface area contributed by atoms with Crippen LogP contribution in [0.15, 0.2) is 53.6 Å². The summed E-state index contributed by atoms with van der Waals surface area (Å²) in [6.45, 7) is 1.09. The third-order valence-electron chi connectivity index (χ3n) is 4.09. The van der Waals surface area contributed by atoms with Crippen molar-refractivity contribution < 1.29 is 14.7 Å². The molecule has 2 aromatic carbocycles. The molecule has 1 N–H and O–H groups in total. The van der Waals surface area contributed by atoms with E-state index in [0.29, 0.717) is 5.56 Å². The van der Waals surface area contributed by atoms with Gasteiger partial charge in [-0.3, -0.25) is 4.79 Å². The van der Waals surface area contributed by atoms with E-state index in [1.807, 2.05) is 18.2 Å². The standard InChI is InChI=1S/C19H19N3O3/c23-18(13-22-11-3-5-15-4-1-2-6-17(15)22)21-20-12-14-7-9-16(10-8-14)19(24)25/h1-2,4,6-10,12H,3,5,11,13H2,(H,21,23)(H,24,25)/p-1/b20-12-. The second kappa shape index (κ2) is 7.61. The second-order valence-electron chi connectivity index (χ2n) is 5.86. The Labute approximate surface area is 145 Å². The summed E-state index contributed by atoms with van der Waals surface area (Å²) in [6.07, 6.45) is 3.54. The maximum Gasteiger partial charge on any atom is 0.259 e. The van der Waals surface area contributed by atoms with Crippen molar-refractivity contribution in [2.45, 2.75) is 12.8 Å². The van der Waals surface area contributed by atoms with Gasteiger partial charge in [0.15, 0.2) is 0 Å². The molecule has 6 nitrogen and oxygen atoms in total. The number of carbonyl (C=O) groups excluding carboxylic acids is 2. The number of hydrazone groups is 1. The lowest BCUT2D eigenvalue weighted by molar-refractivity contribution is -0.255. The number of carboxylic acids is 1. The van der Waals surface area contributed by atoms with Crippen molar-refractivity contribution in [2.24, 2.45) is 5.10 Å². The van der Waals surface area contributed by atoms with Crippen molar-refractivity contribution >= 4 is 23.8 Å². The van der Waals surface area contributed by atoms with Crippen LogP contribution in [-0.4, -0.2) is 31.2 Å².